The summed E-state index contributed by atoms with van der Waals surface area (Å²) < 4.78 is 0. The minimum atomic E-state index is 0.755. The van der Waals surface area contributed by atoms with Crippen molar-refractivity contribution in [3.8, 4) is 11.1 Å². The van der Waals surface area contributed by atoms with Gasteiger partial charge in [0.15, 0.2) is 0 Å². The number of pyridine rings is 2. The Morgan fingerprint density at radius 1 is 0.957 bits per heavy atom. The van der Waals surface area contributed by atoms with E-state index < -0.39 is 0 Å². The Morgan fingerprint density at radius 2 is 1.87 bits per heavy atom. The highest BCUT2D eigenvalue weighted by Crippen LogP contribution is 2.34. The second-order valence-corrected chi connectivity index (χ2v) is 5.43. The fourth-order valence-electron chi connectivity index (χ4n) is 2.74. The van der Waals surface area contributed by atoms with Crippen LogP contribution in [0, 0.1) is 0 Å². The topological polar surface area (TPSA) is 61.9 Å². The van der Waals surface area contributed by atoms with E-state index in [0.717, 1.165) is 46.2 Å². The van der Waals surface area contributed by atoms with Crippen molar-refractivity contribution in [1.29, 1.82) is 0 Å². The Bertz CT molecular complexity index is 860. The molecule has 0 radical (unpaired) electrons. The summed E-state index contributed by atoms with van der Waals surface area (Å²) in [5, 5.41) is 9.97. The normalized spacial score (nSPS) is 12.2. The second kappa shape index (κ2) is 5.61. The van der Waals surface area contributed by atoms with Crippen LogP contribution in [0.25, 0.3) is 11.1 Å². The van der Waals surface area contributed by atoms with Crippen molar-refractivity contribution in [2.75, 3.05) is 23.0 Å². The van der Waals surface area contributed by atoms with Crippen LogP contribution in [0.15, 0.2) is 54.9 Å². The Hall–Kier alpha value is -3.08. The van der Waals surface area contributed by atoms with Crippen LogP contribution < -0.4 is 16.0 Å². The molecule has 0 bridgehead atoms. The molecule has 0 saturated heterocycles. The highest BCUT2D eigenvalue weighted by molar-refractivity contribution is 5.82. The third kappa shape index (κ3) is 2.57. The van der Waals surface area contributed by atoms with Crippen molar-refractivity contribution in [1.82, 2.24) is 9.97 Å². The molecule has 3 heterocycles. The highest BCUT2D eigenvalue weighted by Gasteiger charge is 2.13. The number of aromatic nitrogens is 2. The first-order chi connectivity index (χ1) is 11.3. The van der Waals surface area contributed by atoms with Gasteiger partial charge in [0.05, 0.1) is 11.4 Å². The van der Waals surface area contributed by atoms with Crippen LogP contribution in [-0.4, -0.2) is 17.0 Å². The van der Waals surface area contributed by atoms with E-state index in [1.165, 1.54) is 0 Å². The number of benzene rings is 1. The van der Waals surface area contributed by atoms with Crippen molar-refractivity contribution in [3.05, 3.63) is 60.4 Å². The van der Waals surface area contributed by atoms with Gasteiger partial charge in [0.25, 0.3) is 0 Å². The van der Waals surface area contributed by atoms with E-state index in [-0.39, 0.29) is 0 Å². The summed E-state index contributed by atoms with van der Waals surface area (Å²) in [7, 11) is 1.87. The number of rotatable bonds is 2. The molecule has 0 aliphatic carbocycles. The highest BCUT2D eigenvalue weighted by atomic mass is 15.0. The Kier molecular flexibility index (Phi) is 3.31. The molecule has 0 saturated carbocycles. The molecule has 114 valence electrons. The molecule has 0 amide bonds. The lowest BCUT2D eigenvalue weighted by Crippen LogP contribution is -1.98. The smallest absolute Gasteiger partial charge is 0.135 e. The Morgan fingerprint density at radius 3 is 2.78 bits per heavy atom. The van der Waals surface area contributed by atoms with Crippen molar-refractivity contribution in [2.45, 2.75) is 6.54 Å². The Balaban J connectivity index is 1.72. The lowest BCUT2D eigenvalue weighted by molar-refractivity contribution is 1.14. The molecule has 3 aromatic rings. The number of hydrogen-bond acceptors (Lipinski definition) is 5. The molecule has 0 fully saturated rings. The maximum atomic E-state index is 4.41. The predicted octanol–water partition coefficient (Wildman–Crippen LogP) is 3.85. The van der Waals surface area contributed by atoms with Gasteiger partial charge in [-0.2, -0.15) is 0 Å². The third-order valence-electron chi connectivity index (χ3n) is 3.98. The van der Waals surface area contributed by atoms with Gasteiger partial charge in [0, 0.05) is 31.5 Å². The molecule has 0 unspecified atom stereocenters. The standard InChI is InChI=1S/C18H17N5/c1-19-17-10-13(6-8-20-17)12-4-5-15-16(9-12)22-11-14-3-2-7-21-18(14)23-15/h2-10,22H,11H2,1H3,(H,19,20)(H,21,23). The van der Waals surface area contributed by atoms with Crippen LogP contribution in [0.4, 0.5) is 23.0 Å². The molecule has 4 rings (SSSR count). The molecule has 1 aliphatic rings. The molecule has 1 aromatic carbocycles. The molecule has 1 aliphatic heterocycles. The van der Waals surface area contributed by atoms with Gasteiger partial charge in [-0.1, -0.05) is 12.1 Å². The Labute approximate surface area is 134 Å². The van der Waals surface area contributed by atoms with E-state index in [1.807, 2.05) is 31.4 Å². The van der Waals surface area contributed by atoms with E-state index in [9.17, 15) is 0 Å². The summed E-state index contributed by atoms with van der Waals surface area (Å²) in [4.78, 5) is 8.68. The second-order valence-electron chi connectivity index (χ2n) is 5.43. The zero-order valence-electron chi connectivity index (χ0n) is 12.8. The molecular formula is C18H17N5. The van der Waals surface area contributed by atoms with E-state index in [4.69, 9.17) is 0 Å². The minimum absolute atomic E-state index is 0.755. The van der Waals surface area contributed by atoms with Crippen LogP contribution in [0.3, 0.4) is 0 Å². The molecular weight excluding hydrogens is 286 g/mol. The predicted molar refractivity (Wildman–Crippen MR) is 94.1 cm³/mol. The molecule has 3 N–H and O–H groups in total. The van der Waals surface area contributed by atoms with Crippen molar-refractivity contribution in [3.63, 3.8) is 0 Å². The van der Waals surface area contributed by atoms with Gasteiger partial charge >= 0.3 is 0 Å². The van der Waals surface area contributed by atoms with E-state index >= 15 is 0 Å². The maximum Gasteiger partial charge on any atom is 0.135 e. The third-order valence-corrected chi connectivity index (χ3v) is 3.98. The fourth-order valence-corrected chi connectivity index (χ4v) is 2.74. The van der Waals surface area contributed by atoms with Crippen LogP contribution in [-0.2, 0) is 6.54 Å². The molecule has 5 heteroatoms. The van der Waals surface area contributed by atoms with Crippen LogP contribution in [0.5, 0.6) is 0 Å². The van der Waals surface area contributed by atoms with Gasteiger partial charge in [-0.05, 0) is 41.5 Å². The summed E-state index contributed by atoms with van der Waals surface area (Å²) in [6.07, 6.45) is 3.62. The van der Waals surface area contributed by atoms with E-state index in [0.29, 0.717) is 0 Å². The summed E-state index contributed by atoms with van der Waals surface area (Å²) in [6.45, 7) is 0.755. The number of anilines is 4. The first-order valence-electron chi connectivity index (χ1n) is 7.56. The zero-order valence-corrected chi connectivity index (χ0v) is 12.8. The minimum Gasteiger partial charge on any atom is -0.379 e. The van der Waals surface area contributed by atoms with Gasteiger partial charge in [-0.15, -0.1) is 0 Å². The van der Waals surface area contributed by atoms with Crippen LogP contribution in [0.1, 0.15) is 5.56 Å². The number of hydrogen-bond donors (Lipinski definition) is 3. The summed E-state index contributed by atoms with van der Waals surface area (Å²) >= 11 is 0. The first kappa shape index (κ1) is 13.6. The lowest BCUT2D eigenvalue weighted by atomic mass is 10.1. The monoisotopic (exact) mass is 303 g/mol. The number of nitrogens with one attached hydrogen (secondary N) is 3. The molecule has 23 heavy (non-hydrogen) atoms. The van der Waals surface area contributed by atoms with Crippen molar-refractivity contribution < 1.29 is 0 Å². The number of fused-ring (bicyclic) bond motifs is 2. The summed E-state index contributed by atoms with van der Waals surface area (Å²) in [5.74, 6) is 1.77. The van der Waals surface area contributed by atoms with E-state index in [1.54, 1.807) is 6.20 Å². The summed E-state index contributed by atoms with van der Waals surface area (Å²) in [5.41, 5.74) is 5.55. The van der Waals surface area contributed by atoms with Gasteiger partial charge in [0.1, 0.15) is 11.6 Å². The fraction of sp³-hybridized carbons (Fsp3) is 0.111. The molecule has 0 atom stereocenters. The zero-order chi connectivity index (χ0) is 15.6. The quantitative estimate of drug-likeness (QED) is 0.671. The number of nitrogens with zero attached hydrogens (tertiary/aromatic N) is 2. The van der Waals surface area contributed by atoms with Gasteiger partial charge < -0.3 is 16.0 Å². The van der Waals surface area contributed by atoms with Crippen LogP contribution >= 0.6 is 0 Å². The molecule has 0 spiro atoms. The van der Waals surface area contributed by atoms with Gasteiger partial charge in [-0.25, -0.2) is 9.97 Å². The summed E-state index contributed by atoms with van der Waals surface area (Å²) in [6, 6.07) is 14.4. The largest absolute Gasteiger partial charge is 0.379 e. The van der Waals surface area contributed by atoms with Crippen molar-refractivity contribution >= 4 is 23.0 Å². The average Bonchev–Trinajstić information content (AvgIpc) is 2.80. The van der Waals surface area contributed by atoms with Crippen molar-refractivity contribution in [2.24, 2.45) is 0 Å². The SMILES string of the molecule is CNc1cc(-c2ccc3c(c2)NCc2cccnc2N3)ccn1. The van der Waals surface area contributed by atoms with Gasteiger partial charge in [0.2, 0.25) is 0 Å². The maximum absolute atomic E-state index is 4.41. The average molecular weight is 303 g/mol. The van der Waals surface area contributed by atoms with E-state index in [2.05, 4.69) is 50.2 Å². The molecule has 5 nitrogen and oxygen atoms in total. The molecule has 2 aromatic heterocycles. The van der Waals surface area contributed by atoms with Crippen LogP contribution in [0.2, 0.25) is 0 Å². The van der Waals surface area contributed by atoms with Gasteiger partial charge in [-0.3, -0.25) is 0 Å². The first-order valence-corrected chi connectivity index (χ1v) is 7.56. The lowest BCUT2D eigenvalue weighted by Gasteiger charge is -2.11.